The number of H-pyrrole nitrogens is 1. The highest BCUT2D eigenvalue weighted by Crippen LogP contribution is 2.27. The molecular formula is C19H21N5O. The van der Waals surface area contributed by atoms with Gasteiger partial charge in [-0.3, -0.25) is 0 Å². The fraction of sp³-hybridized carbons (Fsp3) is 0.316. The maximum Gasteiger partial charge on any atom is 0.252 e. The lowest BCUT2D eigenvalue weighted by Gasteiger charge is -2.05. The average molecular weight is 335 g/mol. The van der Waals surface area contributed by atoms with E-state index in [4.69, 9.17) is 4.42 Å². The van der Waals surface area contributed by atoms with Crippen LogP contribution in [0.4, 0.5) is 5.88 Å². The van der Waals surface area contributed by atoms with Gasteiger partial charge in [0, 0.05) is 28.1 Å². The van der Waals surface area contributed by atoms with Gasteiger partial charge in [0.15, 0.2) is 0 Å². The van der Waals surface area contributed by atoms with E-state index in [-0.39, 0.29) is 17.5 Å². The maximum atomic E-state index is 9.26. The molecule has 6 nitrogen and oxygen atoms in total. The zero-order chi connectivity index (χ0) is 17.8. The van der Waals surface area contributed by atoms with Gasteiger partial charge < -0.3 is 9.40 Å². The molecule has 128 valence electrons. The number of hydrazone groups is 1. The molecule has 25 heavy (non-hydrogen) atoms. The molecule has 3 aromatic rings. The number of nitrogens with one attached hydrogen (secondary N) is 2. The Bertz CT molecular complexity index is 941. The second-order valence-electron chi connectivity index (χ2n) is 5.93. The number of aromatic amines is 1. The zero-order valence-corrected chi connectivity index (χ0v) is 14.6. The summed E-state index contributed by atoms with van der Waals surface area (Å²) < 4.78 is 5.72. The predicted octanol–water partition coefficient (Wildman–Crippen LogP) is 4.69. The number of aromatic nitrogens is 2. The molecule has 3 rings (SSSR count). The number of hydrogen-bond acceptors (Lipinski definition) is 5. The molecule has 0 bridgehead atoms. The summed E-state index contributed by atoms with van der Waals surface area (Å²) in [7, 11) is 0. The zero-order valence-electron chi connectivity index (χ0n) is 14.6. The summed E-state index contributed by atoms with van der Waals surface area (Å²) in [4.78, 5) is 7.61. The summed E-state index contributed by atoms with van der Waals surface area (Å²) in [6, 6.07) is 10.1. The second-order valence-corrected chi connectivity index (χ2v) is 5.93. The highest BCUT2D eigenvalue weighted by Gasteiger charge is 2.18. The monoisotopic (exact) mass is 335 g/mol. The first-order valence-electron chi connectivity index (χ1n) is 8.45. The van der Waals surface area contributed by atoms with Crippen LogP contribution >= 0.6 is 0 Å². The van der Waals surface area contributed by atoms with Gasteiger partial charge in [-0.05, 0) is 25.8 Å². The van der Waals surface area contributed by atoms with Crippen molar-refractivity contribution in [2.75, 3.05) is 5.43 Å². The first-order chi connectivity index (χ1) is 12.2. The molecule has 6 heteroatoms. The minimum Gasteiger partial charge on any atom is -0.422 e. The lowest BCUT2D eigenvalue weighted by molar-refractivity contribution is 0.439. The van der Waals surface area contributed by atoms with Crippen LogP contribution in [-0.4, -0.2) is 16.2 Å². The van der Waals surface area contributed by atoms with Crippen molar-refractivity contribution in [3.05, 3.63) is 47.1 Å². The molecule has 2 N–H and O–H groups in total. The molecule has 0 aliphatic rings. The van der Waals surface area contributed by atoms with Crippen molar-refractivity contribution in [3.8, 4) is 6.07 Å². The van der Waals surface area contributed by atoms with Crippen LogP contribution < -0.4 is 5.43 Å². The Kier molecular flexibility index (Phi) is 4.85. The molecule has 0 saturated heterocycles. The Morgan fingerprint density at radius 2 is 2.12 bits per heavy atom. The summed E-state index contributed by atoms with van der Waals surface area (Å²) in [6.07, 6.45) is 3.56. The summed E-state index contributed by atoms with van der Waals surface area (Å²) in [5.41, 5.74) is 6.15. The molecule has 0 aliphatic heterocycles. The summed E-state index contributed by atoms with van der Waals surface area (Å²) in [6.45, 7) is 6.16. The Labute approximate surface area is 146 Å². The molecule has 0 aliphatic carbocycles. The molecule has 0 fully saturated rings. The number of aryl methyl sites for hydroxylation is 1. The third kappa shape index (κ3) is 3.26. The third-order valence-corrected chi connectivity index (χ3v) is 4.39. The fourth-order valence-electron chi connectivity index (χ4n) is 2.92. The van der Waals surface area contributed by atoms with E-state index in [2.05, 4.69) is 40.4 Å². The van der Waals surface area contributed by atoms with Crippen LogP contribution in [0, 0.1) is 18.3 Å². The van der Waals surface area contributed by atoms with Crippen LogP contribution in [0.2, 0.25) is 0 Å². The number of rotatable bonds is 6. The topological polar surface area (TPSA) is 90.0 Å². The molecule has 0 unspecified atom stereocenters. The number of anilines is 1. The van der Waals surface area contributed by atoms with Crippen LogP contribution in [0.1, 0.15) is 55.4 Å². The van der Waals surface area contributed by atoms with Gasteiger partial charge in [0.05, 0.1) is 6.21 Å². The number of oxazole rings is 1. The normalized spacial score (nSPS) is 11.5. The number of benzene rings is 1. The van der Waals surface area contributed by atoms with Crippen molar-refractivity contribution in [1.29, 1.82) is 5.26 Å². The van der Waals surface area contributed by atoms with Gasteiger partial charge >= 0.3 is 0 Å². The first kappa shape index (κ1) is 16.8. The third-order valence-electron chi connectivity index (χ3n) is 4.39. The van der Waals surface area contributed by atoms with Crippen molar-refractivity contribution in [1.82, 2.24) is 9.97 Å². The number of fused-ring (bicyclic) bond motifs is 1. The molecular weight excluding hydrogens is 314 g/mol. The average Bonchev–Trinajstić information content (AvgIpc) is 3.17. The van der Waals surface area contributed by atoms with E-state index in [1.165, 1.54) is 0 Å². The molecule has 0 radical (unpaired) electrons. The van der Waals surface area contributed by atoms with E-state index in [1.807, 2.05) is 31.2 Å². The largest absolute Gasteiger partial charge is 0.422 e. The SMILES string of the molecule is CCC(CC)c1nc(C#N)c(N/N=C/c2c(C)[nH]c3ccccc23)o1. The molecule has 0 saturated carbocycles. The van der Waals surface area contributed by atoms with Crippen LogP contribution in [0.3, 0.4) is 0 Å². The van der Waals surface area contributed by atoms with E-state index in [9.17, 15) is 5.26 Å². The lowest BCUT2D eigenvalue weighted by Crippen LogP contribution is -1.95. The van der Waals surface area contributed by atoms with E-state index in [1.54, 1.807) is 6.21 Å². The van der Waals surface area contributed by atoms with Crippen LogP contribution in [0.15, 0.2) is 33.8 Å². The minimum absolute atomic E-state index is 0.211. The lowest BCUT2D eigenvalue weighted by atomic mass is 10.0. The Balaban J connectivity index is 1.84. The van der Waals surface area contributed by atoms with Gasteiger partial charge in [-0.15, -0.1) is 0 Å². The van der Waals surface area contributed by atoms with Gasteiger partial charge in [0.25, 0.3) is 5.88 Å². The Morgan fingerprint density at radius 3 is 2.84 bits per heavy atom. The van der Waals surface area contributed by atoms with Crippen molar-refractivity contribution in [2.24, 2.45) is 5.10 Å². The molecule has 2 heterocycles. The van der Waals surface area contributed by atoms with E-state index < -0.39 is 0 Å². The van der Waals surface area contributed by atoms with Crippen LogP contribution in [0.25, 0.3) is 10.9 Å². The number of nitriles is 1. The summed E-state index contributed by atoms with van der Waals surface area (Å²) in [5.74, 6) is 1.09. The highest BCUT2D eigenvalue weighted by atomic mass is 16.4. The van der Waals surface area contributed by atoms with Gasteiger partial charge in [0.2, 0.25) is 11.6 Å². The number of nitrogens with zero attached hydrogens (tertiary/aromatic N) is 3. The Morgan fingerprint density at radius 1 is 1.36 bits per heavy atom. The smallest absolute Gasteiger partial charge is 0.252 e. The van der Waals surface area contributed by atoms with Crippen LogP contribution in [-0.2, 0) is 0 Å². The van der Waals surface area contributed by atoms with Crippen molar-refractivity contribution < 1.29 is 4.42 Å². The fourth-order valence-corrected chi connectivity index (χ4v) is 2.92. The molecule has 1 aromatic carbocycles. The van der Waals surface area contributed by atoms with Crippen molar-refractivity contribution in [2.45, 2.75) is 39.5 Å². The van der Waals surface area contributed by atoms with Crippen molar-refractivity contribution >= 4 is 23.0 Å². The molecule has 2 aromatic heterocycles. The highest BCUT2D eigenvalue weighted by molar-refractivity contribution is 6.00. The predicted molar refractivity (Wildman–Crippen MR) is 98.8 cm³/mol. The second kappa shape index (κ2) is 7.22. The first-order valence-corrected chi connectivity index (χ1v) is 8.45. The minimum atomic E-state index is 0.211. The van der Waals surface area contributed by atoms with E-state index >= 15 is 0 Å². The summed E-state index contributed by atoms with van der Waals surface area (Å²) >= 11 is 0. The molecule has 0 spiro atoms. The Hall–Kier alpha value is -3.07. The van der Waals surface area contributed by atoms with Gasteiger partial charge in [0.1, 0.15) is 6.07 Å². The summed E-state index contributed by atoms with van der Waals surface area (Å²) in [5, 5.41) is 14.6. The maximum absolute atomic E-state index is 9.26. The van der Waals surface area contributed by atoms with Gasteiger partial charge in [-0.2, -0.15) is 10.4 Å². The van der Waals surface area contributed by atoms with Gasteiger partial charge in [-0.25, -0.2) is 10.4 Å². The molecule has 0 atom stereocenters. The molecule has 0 amide bonds. The van der Waals surface area contributed by atoms with Gasteiger partial charge in [-0.1, -0.05) is 32.0 Å². The standard InChI is InChI=1S/C19H21N5O/c1-4-13(5-2)18-23-17(10-20)19(25-18)24-21-11-15-12(3)22-16-9-7-6-8-14(15)16/h6-9,11,13,22,24H,4-5H2,1-3H3/b21-11+. The number of para-hydroxylation sites is 1. The van der Waals surface area contributed by atoms with E-state index in [0.717, 1.165) is 35.0 Å². The van der Waals surface area contributed by atoms with Crippen LogP contribution in [0.5, 0.6) is 0 Å². The van der Waals surface area contributed by atoms with Crippen molar-refractivity contribution in [3.63, 3.8) is 0 Å². The van der Waals surface area contributed by atoms with E-state index in [0.29, 0.717) is 5.89 Å². The quantitative estimate of drug-likeness (QED) is 0.505. The number of hydrogen-bond donors (Lipinski definition) is 2.